The van der Waals surface area contributed by atoms with Crippen molar-refractivity contribution in [3.8, 4) is 5.75 Å². The van der Waals surface area contributed by atoms with E-state index in [1.165, 1.54) is 28.2 Å². The second kappa shape index (κ2) is 8.17. The highest BCUT2D eigenvalue weighted by atomic mass is 79.9. The summed E-state index contributed by atoms with van der Waals surface area (Å²) in [6.45, 7) is 0.419. The molecule has 1 saturated heterocycles. The Kier molecular flexibility index (Phi) is 5.70. The number of amides is 2. The molecular formula is C18H16BrN3O5. The van der Waals surface area contributed by atoms with Gasteiger partial charge in [-0.3, -0.25) is 19.7 Å². The van der Waals surface area contributed by atoms with Gasteiger partial charge in [-0.05, 0) is 36.8 Å². The average Bonchev–Trinajstić information content (AvgIpc) is 3.16. The number of hydrazine groups is 1. The Morgan fingerprint density at radius 2 is 1.74 bits per heavy atom. The Morgan fingerprint density at radius 1 is 1.07 bits per heavy atom. The van der Waals surface area contributed by atoms with Crippen LogP contribution in [-0.4, -0.2) is 46.5 Å². The fourth-order valence-corrected chi connectivity index (χ4v) is 3.03. The molecule has 9 heteroatoms. The van der Waals surface area contributed by atoms with Gasteiger partial charge in [-0.15, -0.1) is 0 Å². The Hall–Kier alpha value is -2.94. The van der Waals surface area contributed by atoms with Crippen molar-refractivity contribution in [2.75, 3.05) is 19.7 Å². The zero-order chi connectivity index (χ0) is 19.4. The molecule has 140 valence electrons. The number of nitrogens with zero attached hydrogens (tertiary/aromatic N) is 3. The first-order chi connectivity index (χ1) is 13.0. The SMILES string of the molecule is O=C(COc1ccccc1[N+](=O)[O-])N1CCCN1C(=O)c1ccc(Br)cc1. The van der Waals surface area contributed by atoms with Crippen LogP contribution in [-0.2, 0) is 4.79 Å². The summed E-state index contributed by atoms with van der Waals surface area (Å²) in [5.41, 5.74) is 0.257. The predicted molar refractivity (Wildman–Crippen MR) is 100 cm³/mol. The van der Waals surface area contributed by atoms with Gasteiger partial charge in [-0.25, -0.2) is 10.0 Å². The fourth-order valence-electron chi connectivity index (χ4n) is 2.77. The van der Waals surface area contributed by atoms with Gasteiger partial charge in [-0.1, -0.05) is 28.1 Å². The summed E-state index contributed by atoms with van der Waals surface area (Å²) in [7, 11) is 0. The van der Waals surface area contributed by atoms with Gasteiger partial charge in [0.15, 0.2) is 12.4 Å². The summed E-state index contributed by atoms with van der Waals surface area (Å²) in [4.78, 5) is 35.7. The number of nitro groups is 1. The number of carbonyl (C=O) groups is 2. The van der Waals surface area contributed by atoms with Crippen LogP contribution in [0.3, 0.4) is 0 Å². The van der Waals surface area contributed by atoms with E-state index in [0.29, 0.717) is 25.1 Å². The van der Waals surface area contributed by atoms with Gasteiger partial charge in [0.1, 0.15) is 0 Å². The predicted octanol–water partition coefficient (Wildman–Crippen LogP) is 3.03. The van der Waals surface area contributed by atoms with Crippen LogP contribution < -0.4 is 4.74 Å². The van der Waals surface area contributed by atoms with Crippen molar-refractivity contribution in [1.29, 1.82) is 0 Å². The molecule has 2 aromatic rings. The van der Waals surface area contributed by atoms with Crippen LogP contribution in [0.15, 0.2) is 53.0 Å². The maximum Gasteiger partial charge on any atom is 0.310 e. The molecule has 27 heavy (non-hydrogen) atoms. The largest absolute Gasteiger partial charge is 0.477 e. The first-order valence-corrected chi connectivity index (χ1v) is 9.00. The molecule has 0 radical (unpaired) electrons. The molecule has 1 aliphatic rings. The molecule has 1 fully saturated rings. The lowest BCUT2D eigenvalue weighted by Gasteiger charge is -2.27. The average molecular weight is 434 g/mol. The summed E-state index contributed by atoms with van der Waals surface area (Å²) in [5, 5.41) is 13.7. The highest BCUT2D eigenvalue weighted by Gasteiger charge is 2.31. The van der Waals surface area contributed by atoms with E-state index in [0.717, 1.165) is 4.47 Å². The van der Waals surface area contributed by atoms with Crippen molar-refractivity contribution >= 4 is 33.4 Å². The van der Waals surface area contributed by atoms with Gasteiger partial charge in [0.25, 0.3) is 11.8 Å². The first-order valence-electron chi connectivity index (χ1n) is 8.21. The fraction of sp³-hybridized carbons (Fsp3) is 0.222. The molecule has 0 bridgehead atoms. The minimum atomic E-state index is -0.570. The summed E-state index contributed by atoms with van der Waals surface area (Å²) < 4.78 is 6.20. The number of carbonyl (C=O) groups excluding carboxylic acids is 2. The Bertz CT molecular complexity index is 872. The van der Waals surface area contributed by atoms with Gasteiger partial charge in [0.2, 0.25) is 0 Å². The van der Waals surface area contributed by atoms with Crippen LogP contribution in [0.4, 0.5) is 5.69 Å². The second-order valence-corrected chi connectivity index (χ2v) is 6.73. The summed E-state index contributed by atoms with van der Waals surface area (Å²) in [6, 6.07) is 12.7. The van der Waals surface area contributed by atoms with E-state index < -0.39 is 17.4 Å². The first kappa shape index (κ1) is 18.8. The highest BCUT2D eigenvalue weighted by Crippen LogP contribution is 2.26. The van der Waals surface area contributed by atoms with Crippen molar-refractivity contribution in [1.82, 2.24) is 10.0 Å². The van der Waals surface area contributed by atoms with E-state index in [9.17, 15) is 19.7 Å². The Morgan fingerprint density at radius 3 is 2.44 bits per heavy atom. The maximum atomic E-state index is 12.7. The minimum absolute atomic E-state index is 0.0147. The monoisotopic (exact) mass is 433 g/mol. The molecule has 0 aliphatic carbocycles. The van der Waals surface area contributed by atoms with E-state index in [1.807, 2.05) is 0 Å². The number of halogens is 1. The van der Waals surface area contributed by atoms with Crippen molar-refractivity contribution in [2.24, 2.45) is 0 Å². The number of nitro benzene ring substituents is 1. The topological polar surface area (TPSA) is 93.0 Å². The number of hydrogen-bond donors (Lipinski definition) is 0. The molecule has 0 unspecified atom stereocenters. The summed E-state index contributed by atoms with van der Waals surface area (Å²) in [6.07, 6.45) is 0.652. The van der Waals surface area contributed by atoms with Crippen molar-refractivity contribution in [3.05, 3.63) is 68.7 Å². The van der Waals surface area contributed by atoms with Gasteiger partial charge in [-0.2, -0.15) is 0 Å². The van der Waals surface area contributed by atoms with Crippen LogP contribution in [0.2, 0.25) is 0 Å². The highest BCUT2D eigenvalue weighted by molar-refractivity contribution is 9.10. The van der Waals surface area contributed by atoms with Crippen molar-refractivity contribution in [2.45, 2.75) is 6.42 Å². The number of ether oxygens (including phenoxy) is 1. The molecule has 0 aromatic heterocycles. The molecule has 3 rings (SSSR count). The maximum absolute atomic E-state index is 12.7. The lowest BCUT2D eigenvalue weighted by atomic mass is 10.2. The summed E-state index contributed by atoms with van der Waals surface area (Å²) >= 11 is 3.32. The van der Waals surface area contributed by atoms with E-state index >= 15 is 0 Å². The number of para-hydroxylation sites is 2. The van der Waals surface area contributed by atoms with Gasteiger partial charge in [0, 0.05) is 29.2 Å². The van der Waals surface area contributed by atoms with Gasteiger partial charge < -0.3 is 4.74 Å². The summed E-state index contributed by atoms with van der Waals surface area (Å²) in [5.74, 6) is -0.698. The molecule has 2 aromatic carbocycles. The molecule has 0 N–H and O–H groups in total. The van der Waals surface area contributed by atoms with Crippen molar-refractivity contribution < 1.29 is 19.2 Å². The van der Waals surface area contributed by atoms with Gasteiger partial charge in [0.05, 0.1) is 4.92 Å². The zero-order valence-electron chi connectivity index (χ0n) is 14.2. The third-order valence-electron chi connectivity index (χ3n) is 4.06. The Balaban J connectivity index is 1.68. The smallest absolute Gasteiger partial charge is 0.310 e. The minimum Gasteiger partial charge on any atom is -0.477 e. The third kappa shape index (κ3) is 4.25. The quantitative estimate of drug-likeness (QED) is 0.533. The van der Waals surface area contributed by atoms with E-state index in [-0.39, 0.29) is 17.3 Å². The molecule has 2 amide bonds. The Labute approximate surface area is 163 Å². The van der Waals surface area contributed by atoms with Crippen LogP contribution in [0, 0.1) is 10.1 Å². The lowest BCUT2D eigenvalue weighted by Crippen LogP contribution is -2.46. The zero-order valence-corrected chi connectivity index (χ0v) is 15.8. The van der Waals surface area contributed by atoms with E-state index in [2.05, 4.69) is 15.9 Å². The van der Waals surface area contributed by atoms with Gasteiger partial charge >= 0.3 is 5.69 Å². The van der Waals surface area contributed by atoms with Crippen LogP contribution in [0.5, 0.6) is 5.75 Å². The number of hydrogen-bond acceptors (Lipinski definition) is 5. The molecule has 0 saturated carbocycles. The van der Waals surface area contributed by atoms with Crippen LogP contribution in [0.1, 0.15) is 16.8 Å². The second-order valence-electron chi connectivity index (χ2n) is 5.82. The molecule has 8 nitrogen and oxygen atoms in total. The van der Waals surface area contributed by atoms with Crippen molar-refractivity contribution in [3.63, 3.8) is 0 Å². The number of benzene rings is 2. The standard InChI is InChI=1S/C18H16BrN3O5/c19-14-8-6-13(7-9-14)18(24)21-11-3-10-20(21)17(23)12-27-16-5-2-1-4-15(16)22(25)26/h1-2,4-9H,3,10-12H2. The molecule has 1 heterocycles. The van der Waals surface area contributed by atoms with E-state index in [1.54, 1.807) is 30.3 Å². The molecule has 0 atom stereocenters. The normalized spacial score (nSPS) is 13.5. The molecule has 0 spiro atoms. The molecule has 1 aliphatic heterocycles. The lowest BCUT2D eigenvalue weighted by molar-refractivity contribution is -0.385. The van der Waals surface area contributed by atoms with Crippen LogP contribution >= 0.6 is 15.9 Å². The number of rotatable bonds is 5. The third-order valence-corrected chi connectivity index (χ3v) is 4.59. The molecular weight excluding hydrogens is 418 g/mol. The van der Waals surface area contributed by atoms with E-state index in [4.69, 9.17) is 4.74 Å². The van der Waals surface area contributed by atoms with Crippen LogP contribution in [0.25, 0.3) is 0 Å².